The monoisotopic (exact) mass is 600 g/mol. The van der Waals surface area contributed by atoms with E-state index in [4.69, 9.17) is 11.6 Å². The van der Waals surface area contributed by atoms with Gasteiger partial charge in [-0.3, -0.25) is 24.5 Å². The molecule has 1 atom stereocenters. The third-order valence-corrected chi connectivity index (χ3v) is 7.14. The van der Waals surface area contributed by atoms with Gasteiger partial charge in [-0.1, -0.05) is 41.9 Å². The number of anilines is 2. The van der Waals surface area contributed by atoms with E-state index in [1.54, 1.807) is 79.7 Å². The highest BCUT2D eigenvalue weighted by molar-refractivity contribution is 8.00. The van der Waals surface area contributed by atoms with Crippen LogP contribution in [0, 0.1) is 10.1 Å². The van der Waals surface area contributed by atoms with Gasteiger partial charge in [-0.2, -0.15) is 0 Å². The van der Waals surface area contributed by atoms with Gasteiger partial charge in [0.1, 0.15) is 5.70 Å². The van der Waals surface area contributed by atoms with Crippen LogP contribution in [0.3, 0.4) is 0 Å². The minimum atomic E-state index is -0.605. The van der Waals surface area contributed by atoms with Crippen molar-refractivity contribution < 1.29 is 19.3 Å². The van der Waals surface area contributed by atoms with Gasteiger partial charge >= 0.3 is 0 Å². The van der Waals surface area contributed by atoms with Crippen molar-refractivity contribution in [2.24, 2.45) is 0 Å². The maximum absolute atomic E-state index is 13.3. The number of carbonyl (C=O) groups excluding carboxylic acids is 3. The number of hydrogen-bond donors (Lipinski definition) is 3. The summed E-state index contributed by atoms with van der Waals surface area (Å²) in [6.45, 7) is 1.76. The van der Waals surface area contributed by atoms with E-state index in [9.17, 15) is 24.5 Å². The lowest BCUT2D eigenvalue weighted by Crippen LogP contribution is -2.30. The van der Waals surface area contributed by atoms with Crippen molar-refractivity contribution in [3.8, 4) is 0 Å². The van der Waals surface area contributed by atoms with Gasteiger partial charge in [-0.15, -0.1) is 11.8 Å². The molecule has 42 heavy (non-hydrogen) atoms. The van der Waals surface area contributed by atoms with Crippen molar-refractivity contribution in [2.45, 2.75) is 17.1 Å². The number of non-ortho nitro benzene ring substituents is 1. The Morgan fingerprint density at radius 3 is 2.19 bits per heavy atom. The maximum atomic E-state index is 13.3. The van der Waals surface area contributed by atoms with Crippen LogP contribution in [0.5, 0.6) is 0 Å². The molecule has 212 valence electrons. The minimum absolute atomic E-state index is 0.0648. The molecular weight excluding hydrogens is 576 g/mol. The molecule has 0 aliphatic rings. The lowest BCUT2D eigenvalue weighted by molar-refractivity contribution is -0.384. The predicted molar refractivity (Wildman–Crippen MR) is 165 cm³/mol. The summed E-state index contributed by atoms with van der Waals surface area (Å²) in [6.07, 6.45) is 1.43. The number of hydrogen-bond acceptors (Lipinski definition) is 6. The number of thioether (sulfide) groups is 1. The van der Waals surface area contributed by atoms with Crippen LogP contribution in [-0.4, -0.2) is 27.9 Å². The molecular formula is C31H25ClN4O5S. The molecule has 0 fully saturated rings. The fraction of sp³-hybridized carbons (Fsp3) is 0.0645. The summed E-state index contributed by atoms with van der Waals surface area (Å²) in [7, 11) is 0. The molecule has 0 aromatic heterocycles. The summed E-state index contributed by atoms with van der Waals surface area (Å²) in [5.74, 6) is -1.32. The zero-order valence-electron chi connectivity index (χ0n) is 22.2. The molecule has 9 nitrogen and oxygen atoms in total. The van der Waals surface area contributed by atoms with Gasteiger partial charge in [0.15, 0.2) is 0 Å². The van der Waals surface area contributed by atoms with Gasteiger partial charge < -0.3 is 16.0 Å². The van der Waals surface area contributed by atoms with Gasteiger partial charge in [0.05, 0.1) is 10.2 Å². The molecule has 0 saturated heterocycles. The first-order valence-corrected chi connectivity index (χ1v) is 13.9. The molecule has 11 heteroatoms. The molecule has 0 aliphatic carbocycles. The van der Waals surface area contributed by atoms with E-state index in [-0.39, 0.29) is 17.3 Å². The fourth-order valence-electron chi connectivity index (χ4n) is 3.71. The van der Waals surface area contributed by atoms with Gasteiger partial charge in [0.2, 0.25) is 5.91 Å². The van der Waals surface area contributed by atoms with Crippen molar-refractivity contribution >= 4 is 64.2 Å². The van der Waals surface area contributed by atoms with E-state index in [1.807, 2.05) is 6.07 Å². The van der Waals surface area contributed by atoms with Crippen LogP contribution in [0.4, 0.5) is 17.1 Å². The smallest absolute Gasteiger partial charge is 0.272 e. The van der Waals surface area contributed by atoms with Crippen molar-refractivity contribution in [3.63, 3.8) is 0 Å². The topological polar surface area (TPSA) is 130 Å². The third-order valence-electron chi connectivity index (χ3n) is 5.81. The molecule has 3 N–H and O–H groups in total. The molecule has 4 rings (SSSR count). The number of halogens is 1. The Kier molecular flexibility index (Phi) is 10.1. The highest BCUT2D eigenvalue weighted by atomic mass is 35.5. The van der Waals surface area contributed by atoms with Crippen LogP contribution in [-0.2, 0) is 9.59 Å². The van der Waals surface area contributed by atoms with E-state index in [1.165, 1.54) is 42.1 Å². The second-order valence-corrected chi connectivity index (χ2v) is 10.8. The standard InChI is InChI=1S/C31H25ClN4O5S/c1-20(29(37)33-24-10-5-9-23(32)18-24)42-27-12-6-11-25(19-27)34-31(39)28(35-30(38)22-7-3-2-4-8-22)17-21-13-15-26(16-14-21)36(40)41/h2-20H,1H3,(H,33,37)(H,34,39)(H,35,38)/b28-17+. The molecule has 0 radical (unpaired) electrons. The second-order valence-electron chi connectivity index (χ2n) is 8.97. The van der Waals surface area contributed by atoms with Gasteiger partial charge in [-0.05, 0) is 79.2 Å². The Labute approximate surface area is 251 Å². The van der Waals surface area contributed by atoms with Crippen molar-refractivity contribution in [2.75, 3.05) is 10.6 Å². The summed E-state index contributed by atoms with van der Waals surface area (Å²) < 4.78 is 0. The van der Waals surface area contributed by atoms with Gasteiger partial charge in [0.25, 0.3) is 17.5 Å². The van der Waals surface area contributed by atoms with Crippen molar-refractivity contribution in [1.82, 2.24) is 5.32 Å². The van der Waals surface area contributed by atoms with Crippen LogP contribution in [0.1, 0.15) is 22.8 Å². The van der Waals surface area contributed by atoms with Gasteiger partial charge in [0, 0.05) is 39.0 Å². The normalized spacial score (nSPS) is 11.7. The van der Waals surface area contributed by atoms with Crippen LogP contribution >= 0.6 is 23.4 Å². The first-order valence-electron chi connectivity index (χ1n) is 12.6. The second kappa shape index (κ2) is 14.1. The summed E-state index contributed by atoms with van der Waals surface area (Å²) in [6, 6.07) is 27.8. The van der Waals surface area contributed by atoms with Crippen LogP contribution in [0.2, 0.25) is 5.02 Å². The first-order chi connectivity index (χ1) is 20.2. The lowest BCUT2D eigenvalue weighted by Gasteiger charge is -2.14. The molecule has 4 aromatic rings. The SMILES string of the molecule is CC(Sc1cccc(NC(=O)/C(=C\c2ccc([N+](=O)[O-])cc2)NC(=O)c2ccccc2)c1)C(=O)Nc1cccc(Cl)c1. The first kappa shape index (κ1) is 30.0. The number of amides is 3. The zero-order valence-corrected chi connectivity index (χ0v) is 23.8. The van der Waals surface area contributed by atoms with E-state index in [2.05, 4.69) is 16.0 Å². The molecule has 0 heterocycles. The number of benzene rings is 4. The summed E-state index contributed by atoms with van der Waals surface area (Å²) >= 11 is 7.30. The largest absolute Gasteiger partial charge is 0.325 e. The summed E-state index contributed by atoms with van der Waals surface area (Å²) in [5, 5.41) is 19.3. The molecule has 1 unspecified atom stereocenters. The Balaban J connectivity index is 1.49. The van der Waals surface area contributed by atoms with E-state index >= 15 is 0 Å². The number of carbonyl (C=O) groups is 3. The number of nitrogens with zero attached hydrogens (tertiary/aromatic N) is 1. The van der Waals surface area contributed by atoms with Crippen LogP contribution < -0.4 is 16.0 Å². The summed E-state index contributed by atoms with van der Waals surface area (Å²) in [4.78, 5) is 50.1. The Hall–Kier alpha value is -4.93. The highest BCUT2D eigenvalue weighted by Gasteiger charge is 2.18. The Bertz CT molecular complexity index is 1640. The van der Waals surface area contributed by atoms with Crippen molar-refractivity contribution in [3.05, 3.63) is 135 Å². The predicted octanol–water partition coefficient (Wildman–Crippen LogP) is 6.78. The van der Waals surface area contributed by atoms with Crippen LogP contribution in [0.25, 0.3) is 6.08 Å². The van der Waals surface area contributed by atoms with Crippen molar-refractivity contribution in [1.29, 1.82) is 0 Å². The quantitative estimate of drug-likeness (QED) is 0.0796. The number of nitrogens with one attached hydrogen (secondary N) is 3. The van der Waals surface area contributed by atoms with E-state index in [0.29, 0.717) is 27.5 Å². The lowest BCUT2D eigenvalue weighted by atomic mass is 10.1. The molecule has 0 bridgehead atoms. The maximum Gasteiger partial charge on any atom is 0.272 e. The zero-order chi connectivity index (χ0) is 30.1. The molecule has 4 aromatic carbocycles. The van der Waals surface area contributed by atoms with Gasteiger partial charge in [-0.25, -0.2) is 0 Å². The summed E-state index contributed by atoms with van der Waals surface area (Å²) in [5.41, 5.74) is 1.69. The van der Waals surface area contributed by atoms with E-state index < -0.39 is 22.0 Å². The third kappa shape index (κ3) is 8.53. The highest BCUT2D eigenvalue weighted by Crippen LogP contribution is 2.27. The molecule has 3 amide bonds. The van der Waals surface area contributed by atoms with Crippen LogP contribution in [0.15, 0.2) is 114 Å². The van der Waals surface area contributed by atoms with E-state index in [0.717, 1.165) is 4.90 Å². The Morgan fingerprint density at radius 1 is 0.857 bits per heavy atom. The Morgan fingerprint density at radius 2 is 1.52 bits per heavy atom. The number of nitro benzene ring substituents is 1. The number of rotatable bonds is 10. The average Bonchev–Trinajstić information content (AvgIpc) is 2.97. The molecule has 0 spiro atoms. The fourth-order valence-corrected chi connectivity index (χ4v) is 4.83. The minimum Gasteiger partial charge on any atom is -0.325 e. The molecule has 0 saturated carbocycles. The average molecular weight is 601 g/mol. The number of nitro groups is 1. The molecule has 0 aliphatic heterocycles.